The quantitative estimate of drug-likeness (QED) is 0.568. The summed E-state index contributed by atoms with van der Waals surface area (Å²) >= 11 is 1.25. The van der Waals surface area contributed by atoms with Gasteiger partial charge in [-0.3, -0.25) is 15.0 Å². The van der Waals surface area contributed by atoms with Gasteiger partial charge in [-0.15, -0.1) is 10.2 Å². The van der Waals surface area contributed by atoms with E-state index in [0.29, 0.717) is 10.7 Å². The highest BCUT2D eigenvalue weighted by molar-refractivity contribution is 7.99. The van der Waals surface area contributed by atoms with Crippen molar-refractivity contribution in [1.82, 2.24) is 30.5 Å². The van der Waals surface area contributed by atoms with Crippen molar-refractivity contribution in [3.8, 4) is 0 Å². The molecule has 0 bridgehead atoms. The molecule has 2 aromatic rings. The van der Waals surface area contributed by atoms with E-state index in [1.165, 1.54) is 11.8 Å². The third-order valence-corrected chi connectivity index (χ3v) is 6.15. The Hall–Kier alpha value is -2.88. The second kappa shape index (κ2) is 7.86. The maximum Gasteiger partial charge on any atom is 0.344 e. The molecular formula is C19H22N6O3S. The number of fused-ring (bicyclic) bond motifs is 1. The summed E-state index contributed by atoms with van der Waals surface area (Å²) < 4.78 is 2.05. The predicted octanol–water partition coefficient (Wildman–Crippen LogP) is 1.59. The van der Waals surface area contributed by atoms with Gasteiger partial charge in [0.1, 0.15) is 11.4 Å². The van der Waals surface area contributed by atoms with E-state index in [-0.39, 0.29) is 5.75 Å². The summed E-state index contributed by atoms with van der Waals surface area (Å²) in [6.45, 7) is 2.46. The summed E-state index contributed by atoms with van der Waals surface area (Å²) in [6, 6.07) is 8.28. The topological polar surface area (TPSA) is 109 Å². The average Bonchev–Trinajstić information content (AvgIpc) is 3.08. The highest BCUT2D eigenvalue weighted by Gasteiger charge is 2.49. The Balaban J connectivity index is 1.39. The van der Waals surface area contributed by atoms with E-state index in [0.717, 1.165) is 43.1 Å². The first-order valence-corrected chi connectivity index (χ1v) is 10.5. The number of amides is 4. The summed E-state index contributed by atoms with van der Waals surface area (Å²) in [4.78, 5) is 37.6. The molecule has 3 heterocycles. The Morgan fingerprint density at radius 1 is 1.21 bits per heavy atom. The van der Waals surface area contributed by atoms with Crippen molar-refractivity contribution in [2.24, 2.45) is 0 Å². The summed E-state index contributed by atoms with van der Waals surface area (Å²) in [6.07, 6.45) is 4.20. The number of carbonyl (C=O) groups is 3. The number of hydrazine groups is 1. The van der Waals surface area contributed by atoms with Crippen LogP contribution in [0.2, 0.25) is 0 Å². The highest BCUT2D eigenvalue weighted by Crippen LogP contribution is 2.28. The van der Waals surface area contributed by atoms with Gasteiger partial charge in [-0.25, -0.2) is 4.79 Å². The molecule has 0 unspecified atom stereocenters. The number of imide groups is 1. The summed E-state index contributed by atoms with van der Waals surface area (Å²) in [5.74, 6) is -0.0136. The molecule has 9 nitrogen and oxygen atoms in total. The van der Waals surface area contributed by atoms with Gasteiger partial charge in [0.15, 0.2) is 5.16 Å². The molecule has 1 aromatic heterocycles. The summed E-state index contributed by atoms with van der Waals surface area (Å²) in [7, 11) is 0. The third-order valence-electron chi connectivity index (χ3n) is 5.19. The van der Waals surface area contributed by atoms with Gasteiger partial charge in [-0.1, -0.05) is 48.5 Å². The van der Waals surface area contributed by atoms with Crippen LogP contribution in [0.25, 0.3) is 0 Å². The number of urea groups is 1. The standard InChI is InChI=1S/C19H22N6O3S/c1-19(13-8-4-2-5-9-13)16(27)25(17(28)20-19)23-15(26)12-29-18-22-21-14-10-6-3-7-11-24(14)18/h2,4-5,8-9H,3,6-7,10-12H2,1H3,(H,20,28)(H,23,26)/t19-/m0/s1. The van der Waals surface area contributed by atoms with Crippen LogP contribution in [0, 0.1) is 0 Å². The molecule has 10 heteroatoms. The minimum absolute atomic E-state index is 0.0250. The number of rotatable bonds is 5. The van der Waals surface area contributed by atoms with Crippen LogP contribution in [0.1, 0.15) is 37.6 Å². The lowest BCUT2D eigenvalue weighted by Crippen LogP contribution is -2.48. The molecule has 2 aliphatic rings. The number of nitrogens with one attached hydrogen (secondary N) is 2. The molecule has 1 saturated heterocycles. The first-order chi connectivity index (χ1) is 14.0. The molecule has 2 N–H and O–H groups in total. The normalized spacial score (nSPS) is 21.5. The van der Waals surface area contributed by atoms with Crippen molar-refractivity contribution in [3.63, 3.8) is 0 Å². The van der Waals surface area contributed by atoms with Crippen LogP contribution in [0.4, 0.5) is 4.79 Å². The molecular weight excluding hydrogens is 392 g/mol. The van der Waals surface area contributed by atoms with Gasteiger partial charge in [0.05, 0.1) is 5.75 Å². The van der Waals surface area contributed by atoms with Crippen molar-refractivity contribution in [2.45, 2.75) is 49.8 Å². The Labute approximate surface area is 172 Å². The molecule has 1 aromatic carbocycles. The van der Waals surface area contributed by atoms with Gasteiger partial charge in [0.25, 0.3) is 5.91 Å². The minimum Gasteiger partial charge on any atom is -0.318 e. The molecule has 0 spiro atoms. The smallest absolute Gasteiger partial charge is 0.318 e. The summed E-state index contributed by atoms with van der Waals surface area (Å²) in [5, 5.41) is 12.5. The lowest BCUT2D eigenvalue weighted by Gasteiger charge is -2.22. The lowest BCUT2D eigenvalue weighted by atomic mass is 9.92. The van der Waals surface area contributed by atoms with Crippen LogP contribution < -0.4 is 10.7 Å². The van der Waals surface area contributed by atoms with E-state index >= 15 is 0 Å². The molecule has 2 aliphatic heterocycles. The van der Waals surface area contributed by atoms with Crippen LogP contribution >= 0.6 is 11.8 Å². The van der Waals surface area contributed by atoms with Crippen molar-refractivity contribution in [3.05, 3.63) is 41.7 Å². The number of thioether (sulfide) groups is 1. The number of hydrogen-bond donors (Lipinski definition) is 2. The van der Waals surface area contributed by atoms with Gasteiger partial charge >= 0.3 is 6.03 Å². The van der Waals surface area contributed by atoms with Crippen LogP contribution in [0.5, 0.6) is 0 Å². The first-order valence-electron chi connectivity index (χ1n) is 9.55. The highest BCUT2D eigenvalue weighted by atomic mass is 32.2. The fraction of sp³-hybridized carbons (Fsp3) is 0.421. The van der Waals surface area contributed by atoms with E-state index in [1.807, 2.05) is 10.6 Å². The van der Waals surface area contributed by atoms with Gasteiger partial charge in [-0.05, 0) is 25.3 Å². The zero-order valence-electron chi connectivity index (χ0n) is 16.1. The Morgan fingerprint density at radius 2 is 2.00 bits per heavy atom. The van der Waals surface area contributed by atoms with Gasteiger partial charge < -0.3 is 9.88 Å². The summed E-state index contributed by atoms with van der Waals surface area (Å²) in [5.41, 5.74) is 1.84. The largest absolute Gasteiger partial charge is 0.344 e. The van der Waals surface area contributed by atoms with E-state index in [1.54, 1.807) is 31.2 Å². The van der Waals surface area contributed by atoms with Gasteiger partial charge in [-0.2, -0.15) is 5.01 Å². The monoisotopic (exact) mass is 414 g/mol. The van der Waals surface area contributed by atoms with E-state index in [9.17, 15) is 14.4 Å². The molecule has 4 amide bonds. The zero-order valence-corrected chi connectivity index (χ0v) is 16.9. The number of benzene rings is 1. The molecule has 0 saturated carbocycles. The number of aryl methyl sites for hydroxylation is 1. The second-order valence-corrected chi connectivity index (χ2v) is 8.19. The molecule has 152 valence electrons. The lowest BCUT2D eigenvalue weighted by molar-refractivity contribution is -0.138. The Morgan fingerprint density at radius 3 is 2.79 bits per heavy atom. The molecule has 0 aliphatic carbocycles. The SMILES string of the molecule is C[C@@]1(c2ccccc2)NC(=O)N(NC(=O)CSc2nnc3n2CCCCC3)C1=O. The number of hydrogen-bond acceptors (Lipinski definition) is 6. The van der Waals surface area contributed by atoms with Crippen molar-refractivity contribution < 1.29 is 14.4 Å². The molecule has 4 rings (SSSR count). The van der Waals surface area contributed by atoms with Crippen molar-refractivity contribution >= 4 is 29.6 Å². The van der Waals surface area contributed by atoms with Gasteiger partial charge in [0.2, 0.25) is 5.91 Å². The van der Waals surface area contributed by atoms with E-state index in [4.69, 9.17) is 0 Å². The molecule has 29 heavy (non-hydrogen) atoms. The van der Waals surface area contributed by atoms with E-state index < -0.39 is 23.4 Å². The van der Waals surface area contributed by atoms with E-state index in [2.05, 4.69) is 20.9 Å². The average molecular weight is 414 g/mol. The Bertz CT molecular complexity index is 947. The van der Waals surface area contributed by atoms with Crippen molar-refractivity contribution in [2.75, 3.05) is 5.75 Å². The van der Waals surface area contributed by atoms with Crippen LogP contribution in [0.15, 0.2) is 35.5 Å². The third kappa shape index (κ3) is 3.71. The molecule has 1 atom stereocenters. The fourth-order valence-electron chi connectivity index (χ4n) is 3.56. The number of aromatic nitrogens is 3. The van der Waals surface area contributed by atoms with Crippen LogP contribution in [0.3, 0.4) is 0 Å². The Kier molecular flexibility index (Phi) is 5.27. The second-order valence-electron chi connectivity index (χ2n) is 7.25. The maximum atomic E-state index is 12.8. The number of nitrogens with zero attached hydrogens (tertiary/aromatic N) is 4. The van der Waals surface area contributed by atoms with Gasteiger partial charge in [0, 0.05) is 13.0 Å². The predicted molar refractivity (Wildman–Crippen MR) is 106 cm³/mol. The number of carbonyl (C=O) groups excluding carboxylic acids is 3. The maximum absolute atomic E-state index is 12.8. The minimum atomic E-state index is -1.22. The van der Waals surface area contributed by atoms with Crippen molar-refractivity contribution in [1.29, 1.82) is 0 Å². The first kappa shape index (κ1) is 19.4. The molecule has 1 fully saturated rings. The van der Waals surface area contributed by atoms with Crippen LogP contribution in [-0.2, 0) is 28.1 Å². The fourth-order valence-corrected chi connectivity index (χ4v) is 4.34. The molecule has 0 radical (unpaired) electrons. The zero-order chi connectivity index (χ0) is 20.4. The van der Waals surface area contributed by atoms with Crippen LogP contribution in [-0.4, -0.2) is 43.4 Å².